The molecule has 2 rings (SSSR count). The van der Waals surface area contributed by atoms with Crippen molar-refractivity contribution in [1.82, 2.24) is 9.55 Å². The summed E-state index contributed by atoms with van der Waals surface area (Å²) < 4.78 is 18.9. The summed E-state index contributed by atoms with van der Waals surface area (Å²) in [5.74, 6) is 0. The minimum Gasteiger partial charge on any atom is -0.411 e. The van der Waals surface area contributed by atoms with Gasteiger partial charge in [0.05, 0.1) is 12.7 Å². The lowest BCUT2D eigenvalue weighted by Gasteiger charge is -2.39. The van der Waals surface area contributed by atoms with Crippen LogP contribution >= 0.6 is 0 Å². The molecular formula is C18H32N2O6Si. The summed E-state index contributed by atoms with van der Waals surface area (Å²) in [7, 11) is -0.613. The average molecular weight is 401 g/mol. The fourth-order valence-electron chi connectivity index (χ4n) is 2.91. The first-order valence-corrected chi connectivity index (χ1v) is 12.1. The lowest BCUT2D eigenvalue weighted by atomic mass is 10.1. The highest BCUT2D eigenvalue weighted by molar-refractivity contribution is 6.74. The first kappa shape index (κ1) is 22.0. The molecule has 1 aliphatic heterocycles. The number of nitrogens with zero attached hydrogens (tertiary/aromatic N) is 1. The van der Waals surface area contributed by atoms with Gasteiger partial charge in [0, 0.05) is 25.3 Å². The van der Waals surface area contributed by atoms with E-state index >= 15 is 0 Å². The Morgan fingerprint density at radius 3 is 2.59 bits per heavy atom. The van der Waals surface area contributed by atoms with Gasteiger partial charge in [0.15, 0.2) is 8.32 Å². The molecule has 0 amide bonds. The molecule has 0 spiro atoms. The van der Waals surface area contributed by atoms with Gasteiger partial charge in [-0.25, -0.2) is 4.79 Å². The van der Waals surface area contributed by atoms with Crippen LogP contribution in [0.5, 0.6) is 0 Å². The van der Waals surface area contributed by atoms with E-state index < -0.39 is 38.0 Å². The van der Waals surface area contributed by atoms with Crippen molar-refractivity contribution in [2.75, 3.05) is 13.7 Å². The largest absolute Gasteiger partial charge is 0.411 e. The third-order valence-corrected chi connectivity index (χ3v) is 10.0. The van der Waals surface area contributed by atoms with Gasteiger partial charge in [-0.2, -0.15) is 0 Å². The molecule has 0 radical (unpaired) electrons. The zero-order valence-electron chi connectivity index (χ0n) is 17.2. The molecule has 1 saturated heterocycles. The minimum absolute atomic E-state index is 0.00669. The molecule has 2 heterocycles. The second kappa shape index (κ2) is 8.00. The standard InChI is InChI=1S/C18H32N2O6Si/c1-11-9-20(17(23)19-16(11)22)14-8-13(15(25-14)12(21)10-24-5)26-27(6,7)18(2,3)4/h9,12-15,21H,8,10H2,1-7H3,(H,19,22,23)/t12?,13-,14+,15+/m0/s1. The van der Waals surface area contributed by atoms with Crippen LogP contribution < -0.4 is 11.2 Å². The van der Waals surface area contributed by atoms with Gasteiger partial charge >= 0.3 is 5.69 Å². The Hall–Kier alpha value is -1.26. The number of aliphatic hydroxyl groups is 1. The quantitative estimate of drug-likeness (QED) is 0.702. The summed E-state index contributed by atoms with van der Waals surface area (Å²) in [5, 5.41) is 10.5. The van der Waals surface area contributed by atoms with Gasteiger partial charge in [-0.3, -0.25) is 14.3 Å². The summed E-state index contributed by atoms with van der Waals surface area (Å²) in [6.45, 7) is 12.4. The van der Waals surface area contributed by atoms with Crippen molar-refractivity contribution < 1.29 is 19.0 Å². The number of rotatable bonds is 6. The SMILES string of the molecule is COCC(O)[C@H]1O[C@@H](n2cc(C)c(=O)[nH]c2=O)C[C@@H]1O[Si](C)(C)C(C)(C)C. The highest BCUT2D eigenvalue weighted by atomic mass is 28.4. The van der Waals surface area contributed by atoms with Crippen molar-refractivity contribution in [3.8, 4) is 0 Å². The van der Waals surface area contributed by atoms with Gasteiger partial charge in [0.1, 0.15) is 18.4 Å². The summed E-state index contributed by atoms with van der Waals surface area (Å²) >= 11 is 0. The summed E-state index contributed by atoms with van der Waals surface area (Å²) in [6.07, 6.45) is -0.610. The lowest BCUT2D eigenvalue weighted by molar-refractivity contribution is -0.0991. The van der Waals surface area contributed by atoms with E-state index in [1.54, 1.807) is 6.92 Å². The highest BCUT2D eigenvalue weighted by Gasteiger charge is 2.47. The molecule has 1 aliphatic rings. The number of H-pyrrole nitrogens is 1. The van der Waals surface area contributed by atoms with Crippen LogP contribution in [0.1, 0.15) is 39.0 Å². The molecule has 4 atom stereocenters. The number of ether oxygens (including phenoxy) is 2. The Kier molecular flexibility index (Phi) is 6.53. The van der Waals surface area contributed by atoms with Crippen LogP contribution in [0.25, 0.3) is 0 Å². The smallest absolute Gasteiger partial charge is 0.330 e. The first-order valence-electron chi connectivity index (χ1n) is 9.19. The average Bonchev–Trinajstić information content (AvgIpc) is 2.93. The van der Waals surface area contributed by atoms with Crippen LogP contribution in [-0.4, -0.2) is 55.0 Å². The lowest BCUT2D eigenvalue weighted by Crippen LogP contribution is -2.48. The Bertz CT molecular complexity index is 766. The molecule has 0 aromatic carbocycles. The number of aryl methyl sites for hydroxylation is 1. The molecule has 1 fully saturated rings. The molecule has 1 unspecified atom stereocenters. The third-order valence-electron chi connectivity index (χ3n) is 5.54. The van der Waals surface area contributed by atoms with E-state index in [1.807, 2.05) is 0 Å². The van der Waals surface area contributed by atoms with Gasteiger partial charge < -0.3 is 19.0 Å². The first-order chi connectivity index (χ1) is 12.4. The molecule has 1 aromatic rings. The Labute approximate surface area is 160 Å². The van der Waals surface area contributed by atoms with Gasteiger partial charge in [0.25, 0.3) is 5.56 Å². The second-order valence-electron chi connectivity index (χ2n) is 8.71. The number of hydrogen-bond donors (Lipinski definition) is 2. The van der Waals surface area contributed by atoms with Crippen LogP contribution in [-0.2, 0) is 13.9 Å². The molecule has 8 nitrogen and oxygen atoms in total. The van der Waals surface area contributed by atoms with Crippen molar-refractivity contribution in [3.05, 3.63) is 32.6 Å². The maximum Gasteiger partial charge on any atom is 0.330 e. The van der Waals surface area contributed by atoms with Crippen LogP contribution in [0.15, 0.2) is 15.8 Å². The monoisotopic (exact) mass is 400 g/mol. The second-order valence-corrected chi connectivity index (χ2v) is 13.5. The fraction of sp³-hybridized carbons (Fsp3) is 0.778. The van der Waals surface area contributed by atoms with Gasteiger partial charge in [0.2, 0.25) is 0 Å². The molecule has 0 saturated carbocycles. The van der Waals surface area contributed by atoms with E-state index in [-0.39, 0.29) is 17.7 Å². The van der Waals surface area contributed by atoms with Crippen molar-refractivity contribution >= 4 is 8.32 Å². The maximum absolute atomic E-state index is 12.2. The highest BCUT2D eigenvalue weighted by Crippen LogP contribution is 2.41. The third kappa shape index (κ3) is 4.78. The van der Waals surface area contributed by atoms with E-state index in [9.17, 15) is 14.7 Å². The number of hydrogen-bond acceptors (Lipinski definition) is 6. The summed E-state index contributed by atoms with van der Waals surface area (Å²) in [6, 6.07) is 0. The van der Waals surface area contributed by atoms with Crippen molar-refractivity contribution in [1.29, 1.82) is 0 Å². The van der Waals surface area contributed by atoms with E-state index in [0.29, 0.717) is 12.0 Å². The molecular weight excluding hydrogens is 368 g/mol. The number of methoxy groups -OCH3 is 1. The zero-order valence-corrected chi connectivity index (χ0v) is 18.2. The van der Waals surface area contributed by atoms with Crippen LogP contribution in [0, 0.1) is 6.92 Å². The van der Waals surface area contributed by atoms with Gasteiger partial charge in [-0.15, -0.1) is 0 Å². The molecule has 0 bridgehead atoms. The summed E-state index contributed by atoms with van der Waals surface area (Å²) in [5.41, 5.74) is -0.538. The fourth-order valence-corrected chi connectivity index (χ4v) is 4.25. The Balaban J connectivity index is 2.34. The van der Waals surface area contributed by atoms with E-state index in [1.165, 1.54) is 17.9 Å². The molecule has 0 aliphatic carbocycles. The van der Waals surface area contributed by atoms with Crippen molar-refractivity contribution in [2.45, 2.75) is 76.8 Å². The number of aromatic amines is 1. The van der Waals surface area contributed by atoms with Crippen molar-refractivity contribution in [3.63, 3.8) is 0 Å². The van der Waals surface area contributed by atoms with E-state index in [0.717, 1.165) is 0 Å². The Morgan fingerprint density at radius 2 is 2.04 bits per heavy atom. The normalized spacial score (nSPS) is 25.0. The number of aliphatic hydroxyl groups excluding tert-OH is 1. The zero-order chi connectivity index (χ0) is 20.6. The van der Waals surface area contributed by atoms with Crippen molar-refractivity contribution in [2.24, 2.45) is 0 Å². The molecule has 27 heavy (non-hydrogen) atoms. The molecule has 1 aromatic heterocycles. The van der Waals surface area contributed by atoms with E-state index in [4.69, 9.17) is 13.9 Å². The summed E-state index contributed by atoms with van der Waals surface area (Å²) in [4.78, 5) is 26.2. The molecule has 154 valence electrons. The minimum atomic E-state index is -2.12. The maximum atomic E-state index is 12.2. The van der Waals surface area contributed by atoms with Gasteiger partial charge in [-0.05, 0) is 25.1 Å². The van der Waals surface area contributed by atoms with Crippen LogP contribution in [0.3, 0.4) is 0 Å². The van der Waals surface area contributed by atoms with Gasteiger partial charge in [-0.1, -0.05) is 20.8 Å². The predicted molar refractivity (Wildman–Crippen MR) is 105 cm³/mol. The Morgan fingerprint density at radius 1 is 1.41 bits per heavy atom. The number of aromatic nitrogens is 2. The van der Waals surface area contributed by atoms with E-state index in [2.05, 4.69) is 38.8 Å². The van der Waals surface area contributed by atoms with Crippen LogP contribution in [0.4, 0.5) is 0 Å². The number of nitrogens with one attached hydrogen (secondary N) is 1. The topological polar surface area (TPSA) is 103 Å². The predicted octanol–water partition coefficient (Wildman–Crippen LogP) is 1.53. The van der Waals surface area contributed by atoms with Crippen LogP contribution in [0.2, 0.25) is 18.1 Å². The molecule has 2 N–H and O–H groups in total. The molecule has 9 heteroatoms.